The summed E-state index contributed by atoms with van der Waals surface area (Å²) in [6, 6.07) is 8.33. The van der Waals surface area contributed by atoms with Crippen LogP contribution in [0.5, 0.6) is 5.75 Å². The maximum absolute atomic E-state index is 12.0. The van der Waals surface area contributed by atoms with Gasteiger partial charge in [0.25, 0.3) is 0 Å². The summed E-state index contributed by atoms with van der Waals surface area (Å²) in [5.74, 6) is 1.83. The Balaban J connectivity index is 1.70. The molecule has 1 saturated carbocycles. The van der Waals surface area contributed by atoms with E-state index in [0.29, 0.717) is 31.4 Å². The maximum Gasteiger partial charge on any atom is 0.223 e. The third-order valence-corrected chi connectivity index (χ3v) is 4.45. The van der Waals surface area contributed by atoms with E-state index in [0.717, 1.165) is 25.0 Å². The average Bonchev–Trinajstić information content (AvgIpc) is 2.95. The zero-order valence-electron chi connectivity index (χ0n) is 13.7. The lowest BCUT2D eigenvalue weighted by atomic mass is 10.0. The number of carbonyl (C=O) groups excluding carboxylic acids is 1. The predicted octanol–water partition coefficient (Wildman–Crippen LogP) is 2.82. The molecule has 4 nitrogen and oxygen atoms in total. The highest BCUT2D eigenvalue weighted by Crippen LogP contribution is 2.24. The highest BCUT2D eigenvalue weighted by Gasteiger charge is 2.27. The van der Waals surface area contributed by atoms with Crippen molar-refractivity contribution in [3.63, 3.8) is 0 Å². The summed E-state index contributed by atoms with van der Waals surface area (Å²) in [4.78, 5) is 12.0. The second kappa shape index (κ2) is 8.18. The largest absolute Gasteiger partial charge is 0.493 e. The van der Waals surface area contributed by atoms with Crippen LogP contribution in [0.3, 0.4) is 0 Å². The Labute approximate surface area is 133 Å². The molecule has 1 fully saturated rings. The van der Waals surface area contributed by atoms with Crippen LogP contribution < -0.4 is 15.8 Å². The zero-order chi connectivity index (χ0) is 15.9. The standard InChI is InChI=1S/C18H28N2O2/c1-13(2)14-6-8-16(9-7-14)22-11-10-18(21)20-17-5-3-4-15(17)12-19/h6-9,13,15,17H,3-5,10-12,19H2,1-2H3,(H,20,21). The van der Waals surface area contributed by atoms with Gasteiger partial charge in [-0.3, -0.25) is 4.79 Å². The van der Waals surface area contributed by atoms with Gasteiger partial charge in [-0.1, -0.05) is 32.4 Å². The van der Waals surface area contributed by atoms with Crippen LogP contribution in [0.1, 0.15) is 51.0 Å². The maximum atomic E-state index is 12.0. The van der Waals surface area contributed by atoms with Crippen molar-refractivity contribution in [3.05, 3.63) is 29.8 Å². The Kier molecular flexibility index (Phi) is 6.25. The van der Waals surface area contributed by atoms with Gasteiger partial charge in [0.05, 0.1) is 13.0 Å². The number of hydrogen-bond donors (Lipinski definition) is 2. The Bertz CT molecular complexity index is 470. The van der Waals surface area contributed by atoms with E-state index in [1.165, 1.54) is 5.56 Å². The lowest BCUT2D eigenvalue weighted by Crippen LogP contribution is -2.40. The van der Waals surface area contributed by atoms with Crippen LogP contribution >= 0.6 is 0 Å². The molecule has 1 aliphatic rings. The number of nitrogens with one attached hydrogen (secondary N) is 1. The lowest BCUT2D eigenvalue weighted by molar-refractivity contribution is -0.122. The molecule has 22 heavy (non-hydrogen) atoms. The van der Waals surface area contributed by atoms with Gasteiger partial charge in [-0.2, -0.15) is 0 Å². The molecular weight excluding hydrogens is 276 g/mol. The second-order valence-corrected chi connectivity index (χ2v) is 6.42. The summed E-state index contributed by atoms with van der Waals surface area (Å²) in [5.41, 5.74) is 7.02. The van der Waals surface area contributed by atoms with Gasteiger partial charge < -0.3 is 15.8 Å². The molecule has 122 valence electrons. The molecule has 2 unspecified atom stereocenters. The molecule has 1 aromatic carbocycles. The zero-order valence-corrected chi connectivity index (χ0v) is 13.7. The molecule has 0 spiro atoms. The van der Waals surface area contributed by atoms with Gasteiger partial charge in [0.2, 0.25) is 5.91 Å². The first-order chi connectivity index (χ1) is 10.6. The van der Waals surface area contributed by atoms with E-state index in [1.807, 2.05) is 12.1 Å². The van der Waals surface area contributed by atoms with Gasteiger partial charge in [-0.05, 0) is 48.9 Å². The molecule has 4 heteroatoms. The highest BCUT2D eigenvalue weighted by molar-refractivity contribution is 5.76. The van der Waals surface area contributed by atoms with E-state index in [2.05, 4.69) is 31.3 Å². The third-order valence-electron chi connectivity index (χ3n) is 4.45. The molecule has 1 amide bonds. The summed E-state index contributed by atoms with van der Waals surface area (Å²) in [6.07, 6.45) is 3.72. The van der Waals surface area contributed by atoms with Crippen LogP contribution in [0.15, 0.2) is 24.3 Å². The summed E-state index contributed by atoms with van der Waals surface area (Å²) in [6.45, 7) is 5.40. The lowest BCUT2D eigenvalue weighted by Gasteiger charge is -2.19. The summed E-state index contributed by atoms with van der Waals surface area (Å²) in [5, 5.41) is 3.09. The SMILES string of the molecule is CC(C)c1ccc(OCCC(=O)NC2CCCC2CN)cc1. The van der Waals surface area contributed by atoms with Crippen LogP contribution in [-0.2, 0) is 4.79 Å². The van der Waals surface area contributed by atoms with Crippen molar-refractivity contribution in [2.75, 3.05) is 13.2 Å². The van der Waals surface area contributed by atoms with Crippen molar-refractivity contribution in [3.8, 4) is 5.75 Å². The summed E-state index contributed by atoms with van der Waals surface area (Å²) >= 11 is 0. The Morgan fingerprint density at radius 1 is 1.32 bits per heavy atom. The fourth-order valence-corrected chi connectivity index (χ4v) is 3.00. The first-order valence-corrected chi connectivity index (χ1v) is 8.32. The number of amides is 1. The monoisotopic (exact) mass is 304 g/mol. The van der Waals surface area contributed by atoms with Crippen LogP contribution in [-0.4, -0.2) is 25.1 Å². The molecule has 2 atom stereocenters. The number of hydrogen-bond acceptors (Lipinski definition) is 3. The van der Waals surface area contributed by atoms with E-state index in [9.17, 15) is 4.79 Å². The quantitative estimate of drug-likeness (QED) is 0.814. The molecule has 1 aromatic rings. The normalized spacial score (nSPS) is 21.1. The first-order valence-electron chi connectivity index (χ1n) is 8.32. The molecular formula is C18H28N2O2. The van der Waals surface area contributed by atoms with E-state index in [-0.39, 0.29) is 11.9 Å². The van der Waals surface area contributed by atoms with E-state index in [4.69, 9.17) is 10.5 Å². The fourth-order valence-electron chi connectivity index (χ4n) is 3.00. The van der Waals surface area contributed by atoms with E-state index < -0.39 is 0 Å². The molecule has 0 heterocycles. The third kappa shape index (κ3) is 4.73. The fraction of sp³-hybridized carbons (Fsp3) is 0.611. The van der Waals surface area contributed by atoms with E-state index in [1.54, 1.807) is 0 Å². The minimum atomic E-state index is 0.0594. The van der Waals surface area contributed by atoms with Gasteiger partial charge in [0.1, 0.15) is 5.75 Å². The minimum Gasteiger partial charge on any atom is -0.493 e. The molecule has 2 rings (SSSR count). The molecule has 0 aliphatic heterocycles. The number of carbonyl (C=O) groups is 1. The molecule has 1 aliphatic carbocycles. The van der Waals surface area contributed by atoms with Crippen molar-refractivity contribution in [2.45, 2.75) is 51.5 Å². The summed E-state index contributed by atoms with van der Waals surface area (Å²) in [7, 11) is 0. The van der Waals surface area contributed by atoms with Crippen molar-refractivity contribution < 1.29 is 9.53 Å². The molecule has 0 bridgehead atoms. The highest BCUT2D eigenvalue weighted by atomic mass is 16.5. The average molecular weight is 304 g/mol. The minimum absolute atomic E-state index is 0.0594. The van der Waals surface area contributed by atoms with Crippen LogP contribution in [0.2, 0.25) is 0 Å². The van der Waals surface area contributed by atoms with Crippen LogP contribution in [0.4, 0.5) is 0 Å². The van der Waals surface area contributed by atoms with Gasteiger partial charge >= 0.3 is 0 Å². The topological polar surface area (TPSA) is 64.3 Å². The molecule has 3 N–H and O–H groups in total. The Morgan fingerprint density at radius 2 is 2.05 bits per heavy atom. The second-order valence-electron chi connectivity index (χ2n) is 6.42. The van der Waals surface area contributed by atoms with E-state index >= 15 is 0 Å². The van der Waals surface area contributed by atoms with Gasteiger partial charge in [-0.25, -0.2) is 0 Å². The Morgan fingerprint density at radius 3 is 2.68 bits per heavy atom. The number of nitrogens with two attached hydrogens (primary N) is 1. The molecule has 0 aromatic heterocycles. The van der Waals surface area contributed by atoms with Crippen molar-refractivity contribution in [1.82, 2.24) is 5.32 Å². The summed E-state index contributed by atoms with van der Waals surface area (Å²) < 4.78 is 5.64. The predicted molar refractivity (Wildman–Crippen MR) is 89.0 cm³/mol. The van der Waals surface area contributed by atoms with Crippen LogP contribution in [0.25, 0.3) is 0 Å². The number of ether oxygens (including phenoxy) is 1. The smallest absolute Gasteiger partial charge is 0.223 e. The van der Waals surface area contributed by atoms with Gasteiger partial charge in [0.15, 0.2) is 0 Å². The molecule has 0 saturated heterocycles. The molecule has 0 radical (unpaired) electrons. The number of benzene rings is 1. The van der Waals surface area contributed by atoms with Gasteiger partial charge in [0, 0.05) is 6.04 Å². The van der Waals surface area contributed by atoms with Crippen molar-refractivity contribution in [1.29, 1.82) is 0 Å². The Hall–Kier alpha value is -1.55. The van der Waals surface area contributed by atoms with Crippen molar-refractivity contribution in [2.24, 2.45) is 11.7 Å². The first kappa shape index (κ1) is 16.8. The van der Waals surface area contributed by atoms with Gasteiger partial charge in [-0.15, -0.1) is 0 Å². The number of rotatable bonds is 7. The van der Waals surface area contributed by atoms with Crippen molar-refractivity contribution >= 4 is 5.91 Å². The van der Waals surface area contributed by atoms with Crippen LogP contribution in [0, 0.1) is 5.92 Å².